The molecule has 1 heterocycles. The molecule has 0 radical (unpaired) electrons. The van der Waals surface area contributed by atoms with Crippen molar-refractivity contribution in [2.45, 2.75) is 39.3 Å². The fourth-order valence-electron chi connectivity index (χ4n) is 2.00. The second kappa shape index (κ2) is 7.99. The summed E-state index contributed by atoms with van der Waals surface area (Å²) in [5.41, 5.74) is 0.898. The number of nitrogens with one attached hydrogen (secondary N) is 1. The SMILES string of the molecule is CCCCOc1nc(Nc2ccc(CC)cc2)ncc1C(F)(F)F. The topological polar surface area (TPSA) is 47.0 Å². The minimum atomic E-state index is -4.55. The highest BCUT2D eigenvalue weighted by Gasteiger charge is 2.36. The molecule has 2 rings (SSSR count). The van der Waals surface area contributed by atoms with Crippen LogP contribution in [0.25, 0.3) is 0 Å². The van der Waals surface area contributed by atoms with E-state index in [1.54, 1.807) is 0 Å². The Balaban J connectivity index is 2.21. The molecule has 0 aliphatic heterocycles. The number of ether oxygens (including phenoxy) is 1. The number of aromatic nitrogens is 2. The molecule has 1 aromatic carbocycles. The molecule has 24 heavy (non-hydrogen) atoms. The molecule has 130 valence electrons. The van der Waals surface area contributed by atoms with Gasteiger partial charge in [-0.1, -0.05) is 32.4 Å². The van der Waals surface area contributed by atoms with E-state index in [1.807, 2.05) is 38.1 Å². The lowest BCUT2D eigenvalue weighted by Gasteiger charge is -2.14. The van der Waals surface area contributed by atoms with Gasteiger partial charge in [-0.25, -0.2) is 4.98 Å². The van der Waals surface area contributed by atoms with E-state index in [1.165, 1.54) is 0 Å². The molecule has 7 heteroatoms. The van der Waals surface area contributed by atoms with Crippen LogP contribution >= 0.6 is 0 Å². The molecule has 0 aliphatic carbocycles. The van der Waals surface area contributed by atoms with Crippen molar-refractivity contribution in [1.29, 1.82) is 0 Å². The minimum absolute atomic E-state index is 0.0683. The lowest BCUT2D eigenvalue weighted by atomic mass is 10.1. The quantitative estimate of drug-likeness (QED) is 0.723. The van der Waals surface area contributed by atoms with Gasteiger partial charge >= 0.3 is 6.18 Å². The Kier molecular flexibility index (Phi) is 6.00. The van der Waals surface area contributed by atoms with E-state index in [0.29, 0.717) is 12.1 Å². The molecular weight excluding hydrogens is 319 g/mol. The van der Waals surface area contributed by atoms with Gasteiger partial charge in [0, 0.05) is 11.9 Å². The van der Waals surface area contributed by atoms with E-state index in [0.717, 1.165) is 24.6 Å². The Labute approximate surface area is 139 Å². The van der Waals surface area contributed by atoms with Gasteiger partial charge in [-0.05, 0) is 30.5 Å². The Hall–Kier alpha value is -2.31. The van der Waals surface area contributed by atoms with E-state index >= 15 is 0 Å². The average Bonchev–Trinajstić information content (AvgIpc) is 2.55. The third-order valence-corrected chi connectivity index (χ3v) is 3.41. The van der Waals surface area contributed by atoms with Gasteiger partial charge in [0.15, 0.2) is 0 Å². The molecule has 1 N–H and O–H groups in total. The van der Waals surface area contributed by atoms with Crippen molar-refractivity contribution < 1.29 is 17.9 Å². The molecule has 0 aliphatic rings. The molecule has 1 aromatic heterocycles. The molecule has 4 nitrogen and oxygen atoms in total. The molecule has 0 spiro atoms. The number of benzene rings is 1. The first-order valence-corrected chi connectivity index (χ1v) is 7.87. The zero-order valence-corrected chi connectivity index (χ0v) is 13.7. The van der Waals surface area contributed by atoms with Crippen LogP contribution in [0.15, 0.2) is 30.5 Å². The highest BCUT2D eigenvalue weighted by atomic mass is 19.4. The van der Waals surface area contributed by atoms with Gasteiger partial charge in [0.2, 0.25) is 11.8 Å². The molecule has 0 unspecified atom stereocenters. The number of halogens is 3. The van der Waals surface area contributed by atoms with E-state index in [-0.39, 0.29) is 12.6 Å². The second-order valence-corrected chi connectivity index (χ2v) is 5.29. The van der Waals surface area contributed by atoms with Gasteiger partial charge in [-0.2, -0.15) is 18.2 Å². The van der Waals surface area contributed by atoms with Crippen molar-refractivity contribution >= 4 is 11.6 Å². The van der Waals surface area contributed by atoms with Crippen molar-refractivity contribution in [1.82, 2.24) is 9.97 Å². The smallest absolute Gasteiger partial charge is 0.423 e. The van der Waals surface area contributed by atoms with Crippen LogP contribution in [0.4, 0.5) is 24.8 Å². The molecule has 0 fully saturated rings. The van der Waals surface area contributed by atoms with Gasteiger partial charge < -0.3 is 10.1 Å². The van der Waals surface area contributed by atoms with E-state index in [4.69, 9.17) is 4.74 Å². The van der Waals surface area contributed by atoms with Crippen LogP contribution in [-0.4, -0.2) is 16.6 Å². The lowest BCUT2D eigenvalue weighted by Crippen LogP contribution is -2.13. The third-order valence-electron chi connectivity index (χ3n) is 3.41. The first-order chi connectivity index (χ1) is 11.4. The normalized spacial score (nSPS) is 11.4. The van der Waals surface area contributed by atoms with Crippen LogP contribution in [-0.2, 0) is 12.6 Å². The molecular formula is C17H20F3N3O. The summed E-state index contributed by atoms with van der Waals surface area (Å²) in [5.74, 6) is -0.377. The summed E-state index contributed by atoms with van der Waals surface area (Å²) in [6, 6.07) is 7.53. The van der Waals surface area contributed by atoms with Gasteiger partial charge in [0.25, 0.3) is 0 Å². The number of aryl methyl sites for hydroxylation is 1. The Morgan fingerprint density at radius 3 is 2.42 bits per heavy atom. The number of hydrogen-bond acceptors (Lipinski definition) is 4. The molecule has 0 saturated carbocycles. The predicted molar refractivity (Wildman–Crippen MR) is 86.5 cm³/mol. The first kappa shape index (κ1) is 18.0. The van der Waals surface area contributed by atoms with Gasteiger partial charge in [0.1, 0.15) is 5.56 Å². The summed E-state index contributed by atoms with van der Waals surface area (Å²) in [5, 5.41) is 2.90. The first-order valence-electron chi connectivity index (χ1n) is 7.87. The summed E-state index contributed by atoms with van der Waals surface area (Å²) in [4.78, 5) is 7.63. The fourth-order valence-corrected chi connectivity index (χ4v) is 2.00. The maximum atomic E-state index is 13.0. The minimum Gasteiger partial charge on any atom is -0.477 e. The fraction of sp³-hybridized carbons (Fsp3) is 0.412. The van der Waals surface area contributed by atoms with Crippen LogP contribution in [0.1, 0.15) is 37.8 Å². The zero-order chi connectivity index (χ0) is 17.6. The predicted octanol–water partition coefficient (Wildman–Crippen LogP) is 4.98. The van der Waals surface area contributed by atoms with Crippen LogP contribution in [0.5, 0.6) is 5.88 Å². The van der Waals surface area contributed by atoms with E-state index in [2.05, 4.69) is 15.3 Å². The molecule has 0 saturated heterocycles. The van der Waals surface area contributed by atoms with Gasteiger partial charge in [0.05, 0.1) is 6.61 Å². The number of nitrogens with zero attached hydrogens (tertiary/aromatic N) is 2. The zero-order valence-electron chi connectivity index (χ0n) is 13.7. The van der Waals surface area contributed by atoms with Crippen molar-refractivity contribution in [3.05, 3.63) is 41.6 Å². The number of rotatable bonds is 7. The van der Waals surface area contributed by atoms with Crippen LogP contribution in [0.2, 0.25) is 0 Å². The molecule has 0 bridgehead atoms. The Morgan fingerprint density at radius 1 is 1.12 bits per heavy atom. The van der Waals surface area contributed by atoms with Crippen LogP contribution in [0.3, 0.4) is 0 Å². The Morgan fingerprint density at radius 2 is 1.83 bits per heavy atom. The lowest BCUT2D eigenvalue weighted by molar-refractivity contribution is -0.139. The summed E-state index contributed by atoms with van der Waals surface area (Å²) in [6.45, 7) is 4.16. The summed E-state index contributed by atoms with van der Waals surface area (Å²) < 4.78 is 44.3. The van der Waals surface area contributed by atoms with Gasteiger partial charge in [-0.3, -0.25) is 0 Å². The number of hydrogen-bond donors (Lipinski definition) is 1. The maximum Gasteiger partial charge on any atom is 0.423 e. The highest BCUT2D eigenvalue weighted by Crippen LogP contribution is 2.35. The molecule has 0 amide bonds. The number of unbranched alkanes of at least 4 members (excludes halogenated alkanes) is 1. The van der Waals surface area contributed by atoms with Crippen LogP contribution in [0, 0.1) is 0 Å². The van der Waals surface area contributed by atoms with Crippen molar-refractivity contribution in [3.63, 3.8) is 0 Å². The Bertz CT molecular complexity index is 657. The maximum absolute atomic E-state index is 13.0. The van der Waals surface area contributed by atoms with Crippen molar-refractivity contribution in [2.75, 3.05) is 11.9 Å². The van der Waals surface area contributed by atoms with E-state index in [9.17, 15) is 13.2 Å². The number of anilines is 2. The highest BCUT2D eigenvalue weighted by molar-refractivity contribution is 5.54. The summed E-state index contributed by atoms with van der Waals surface area (Å²) in [7, 11) is 0. The second-order valence-electron chi connectivity index (χ2n) is 5.29. The third kappa shape index (κ3) is 4.84. The molecule has 0 atom stereocenters. The molecule has 2 aromatic rings. The summed E-state index contributed by atoms with van der Waals surface area (Å²) in [6.07, 6.45) is -1.42. The number of alkyl halides is 3. The van der Waals surface area contributed by atoms with Crippen molar-refractivity contribution in [3.8, 4) is 5.88 Å². The monoisotopic (exact) mass is 339 g/mol. The standard InChI is InChI=1S/C17H20F3N3O/c1-3-5-10-24-15-14(17(18,19)20)11-21-16(23-15)22-13-8-6-12(4-2)7-9-13/h6-9,11H,3-5,10H2,1-2H3,(H,21,22,23). The summed E-state index contributed by atoms with van der Waals surface area (Å²) >= 11 is 0. The van der Waals surface area contributed by atoms with Gasteiger partial charge in [-0.15, -0.1) is 0 Å². The van der Waals surface area contributed by atoms with E-state index < -0.39 is 17.6 Å². The average molecular weight is 339 g/mol. The van der Waals surface area contributed by atoms with Crippen molar-refractivity contribution in [2.24, 2.45) is 0 Å². The largest absolute Gasteiger partial charge is 0.477 e. The van der Waals surface area contributed by atoms with Crippen LogP contribution < -0.4 is 10.1 Å².